The van der Waals surface area contributed by atoms with Crippen molar-refractivity contribution in [1.29, 1.82) is 0 Å². The Morgan fingerprint density at radius 3 is 2.62 bits per heavy atom. The Labute approximate surface area is 76.8 Å². The Hall–Kier alpha value is -1.17. The summed E-state index contributed by atoms with van der Waals surface area (Å²) in [4.78, 5) is 13.9. The minimum atomic E-state index is -2.54. The predicted molar refractivity (Wildman–Crippen MR) is 43.1 cm³/mol. The van der Waals surface area contributed by atoms with Crippen LogP contribution in [0, 0.1) is 0 Å². The van der Waals surface area contributed by atoms with Gasteiger partial charge in [-0.1, -0.05) is 0 Å². The largest absolute Gasteiger partial charge is 0.478 e. The zero-order chi connectivity index (χ0) is 9.84. The van der Waals surface area contributed by atoms with Crippen LogP contribution in [0.5, 0.6) is 0 Å². The summed E-state index contributed by atoms with van der Waals surface area (Å²) in [6.45, 7) is 0. The molecule has 0 amide bonds. The number of hydrogen-bond donors (Lipinski definition) is 1. The molecule has 0 aromatic carbocycles. The zero-order valence-corrected chi connectivity index (χ0v) is 7.09. The molecule has 0 saturated heterocycles. The van der Waals surface area contributed by atoms with E-state index < -0.39 is 11.7 Å². The molecular formula is C7H5F2NO2S. The molecule has 0 spiro atoms. The van der Waals surface area contributed by atoms with Crippen LogP contribution in [0.2, 0.25) is 0 Å². The van der Waals surface area contributed by atoms with E-state index in [1.165, 1.54) is 12.1 Å². The molecule has 3 nitrogen and oxygen atoms in total. The van der Waals surface area contributed by atoms with Gasteiger partial charge in [0.05, 0.1) is 5.56 Å². The van der Waals surface area contributed by atoms with Crippen LogP contribution in [0.1, 0.15) is 10.4 Å². The van der Waals surface area contributed by atoms with E-state index in [4.69, 9.17) is 5.11 Å². The SMILES string of the molecule is O=C(O)c1ccc(SC(F)F)nc1. The Morgan fingerprint density at radius 1 is 1.54 bits per heavy atom. The van der Waals surface area contributed by atoms with Crippen LogP contribution < -0.4 is 0 Å². The third-order valence-corrected chi connectivity index (χ3v) is 1.85. The van der Waals surface area contributed by atoms with Crippen LogP contribution in [-0.2, 0) is 0 Å². The lowest BCUT2D eigenvalue weighted by Crippen LogP contribution is -1.97. The van der Waals surface area contributed by atoms with E-state index in [-0.39, 0.29) is 22.4 Å². The minimum absolute atomic E-state index is 0.0152. The molecule has 1 aromatic heterocycles. The topological polar surface area (TPSA) is 50.2 Å². The summed E-state index contributed by atoms with van der Waals surface area (Å²) in [7, 11) is 0. The number of hydrogen-bond acceptors (Lipinski definition) is 3. The number of carbonyl (C=O) groups is 1. The second-order valence-electron chi connectivity index (χ2n) is 2.07. The fraction of sp³-hybridized carbons (Fsp3) is 0.143. The Balaban J connectivity index is 2.75. The highest BCUT2D eigenvalue weighted by Gasteiger charge is 2.07. The van der Waals surface area contributed by atoms with E-state index in [9.17, 15) is 13.6 Å². The lowest BCUT2D eigenvalue weighted by molar-refractivity contribution is 0.0696. The van der Waals surface area contributed by atoms with Crippen LogP contribution in [0.25, 0.3) is 0 Å². The third-order valence-electron chi connectivity index (χ3n) is 1.19. The van der Waals surface area contributed by atoms with E-state index in [0.29, 0.717) is 0 Å². The number of pyridine rings is 1. The number of rotatable bonds is 3. The summed E-state index contributed by atoms with van der Waals surface area (Å²) in [6.07, 6.45) is 1.05. The highest BCUT2D eigenvalue weighted by atomic mass is 32.2. The smallest absolute Gasteiger partial charge is 0.337 e. The molecular weight excluding hydrogens is 200 g/mol. The second-order valence-corrected chi connectivity index (χ2v) is 3.08. The fourth-order valence-corrected chi connectivity index (χ4v) is 1.11. The maximum Gasteiger partial charge on any atom is 0.337 e. The lowest BCUT2D eigenvalue weighted by Gasteiger charge is -1.98. The van der Waals surface area contributed by atoms with Gasteiger partial charge in [-0.05, 0) is 23.9 Å². The van der Waals surface area contributed by atoms with Gasteiger partial charge >= 0.3 is 5.97 Å². The number of aromatic nitrogens is 1. The highest BCUT2D eigenvalue weighted by Crippen LogP contribution is 2.22. The Morgan fingerprint density at radius 2 is 2.23 bits per heavy atom. The third kappa shape index (κ3) is 2.98. The van der Waals surface area contributed by atoms with Crippen LogP contribution in [0.3, 0.4) is 0 Å². The van der Waals surface area contributed by atoms with Crippen molar-refractivity contribution >= 4 is 17.7 Å². The molecule has 1 N–H and O–H groups in total. The van der Waals surface area contributed by atoms with Gasteiger partial charge in [-0.25, -0.2) is 9.78 Å². The summed E-state index contributed by atoms with van der Waals surface area (Å²) in [5.41, 5.74) is -0.0152. The molecule has 0 atom stereocenters. The molecule has 0 fully saturated rings. The average molecular weight is 205 g/mol. The standard InChI is InChI=1S/C7H5F2NO2S/c8-7(9)13-5-2-1-4(3-10-5)6(11)12/h1-3,7H,(H,11,12). The van der Waals surface area contributed by atoms with Gasteiger partial charge in [0.2, 0.25) is 0 Å². The maximum atomic E-state index is 11.8. The van der Waals surface area contributed by atoms with Crippen molar-refractivity contribution in [2.75, 3.05) is 0 Å². The number of aromatic carboxylic acids is 1. The Kier molecular flexibility index (Phi) is 3.18. The number of carboxylic acids is 1. The second kappa shape index (κ2) is 4.18. The van der Waals surface area contributed by atoms with Crippen LogP contribution in [0.15, 0.2) is 23.4 Å². The maximum absolute atomic E-state index is 11.8. The summed E-state index contributed by atoms with van der Waals surface area (Å²) < 4.78 is 23.6. The average Bonchev–Trinajstić information content (AvgIpc) is 2.04. The van der Waals surface area contributed by atoms with Crippen molar-refractivity contribution in [2.45, 2.75) is 10.8 Å². The first-order valence-corrected chi connectivity index (χ1v) is 4.11. The van der Waals surface area contributed by atoms with E-state index in [2.05, 4.69) is 4.98 Å². The molecule has 1 heterocycles. The molecule has 0 aliphatic rings. The first kappa shape index (κ1) is 9.91. The van der Waals surface area contributed by atoms with Crippen molar-refractivity contribution in [2.24, 2.45) is 0 Å². The predicted octanol–water partition coefficient (Wildman–Crippen LogP) is 2.09. The molecule has 0 unspecified atom stereocenters. The van der Waals surface area contributed by atoms with Crippen LogP contribution in [-0.4, -0.2) is 21.8 Å². The lowest BCUT2D eigenvalue weighted by atomic mass is 10.3. The van der Waals surface area contributed by atoms with Crippen LogP contribution >= 0.6 is 11.8 Å². The summed E-state index contributed by atoms with van der Waals surface area (Å²) >= 11 is 0.281. The van der Waals surface area contributed by atoms with Crippen molar-refractivity contribution in [3.8, 4) is 0 Å². The number of alkyl halides is 2. The quantitative estimate of drug-likeness (QED) is 0.767. The van der Waals surface area contributed by atoms with Gasteiger partial charge in [0.25, 0.3) is 5.76 Å². The summed E-state index contributed by atoms with van der Waals surface area (Å²) in [5.74, 6) is -3.66. The van der Waals surface area contributed by atoms with E-state index >= 15 is 0 Å². The van der Waals surface area contributed by atoms with Crippen LogP contribution in [0.4, 0.5) is 8.78 Å². The molecule has 1 aromatic rings. The number of halogens is 2. The molecule has 13 heavy (non-hydrogen) atoms. The van der Waals surface area contributed by atoms with Gasteiger partial charge in [-0.2, -0.15) is 8.78 Å². The molecule has 0 aliphatic carbocycles. The first-order chi connectivity index (χ1) is 6.09. The monoisotopic (exact) mass is 205 g/mol. The first-order valence-electron chi connectivity index (χ1n) is 3.24. The fourth-order valence-electron chi connectivity index (χ4n) is 0.668. The van der Waals surface area contributed by atoms with E-state index in [1.807, 2.05) is 0 Å². The number of carboxylic acid groups (broad SMARTS) is 1. The van der Waals surface area contributed by atoms with Crippen molar-refractivity contribution in [3.05, 3.63) is 23.9 Å². The summed E-state index contributed by atoms with van der Waals surface area (Å²) in [5, 5.41) is 8.57. The van der Waals surface area contributed by atoms with Crippen molar-refractivity contribution in [1.82, 2.24) is 4.98 Å². The van der Waals surface area contributed by atoms with Gasteiger partial charge in [-0.15, -0.1) is 0 Å². The summed E-state index contributed by atoms with van der Waals surface area (Å²) in [6, 6.07) is 2.49. The van der Waals surface area contributed by atoms with Crippen molar-refractivity contribution < 1.29 is 18.7 Å². The molecule has 0 radical (unpaired) electrons. The van der Waals surface area contributed by atoms with Gasteiger partial charge in [0.15, 0.2) is 0 Å². The molecule has 6 heteroatoms. The van der Waals surface area contributed by atoms with E-state index in [0.717, 1.165) is 6.20 Å². The van der Waals surface area contributed by atoms with Crippen molar-refractivity contribution in [3.63, 3.8) is 0 Å². The molecule has 0 bridgehead atoms. The zero-order valence-electron chi connectivity index (χ0n) is 6.28. The molecule has 1 rings (SSSR count). The normalized spacial score (nSPS) is 10.4. The van der Waals surface area contributed by atoms with Gasteiger partial charge in [0.1, 0.15) is 5.03 Å². The van der Waals surface area contributed by atoms with E-state index in [1.54, 1.807) is 0 Å². The van der Waals surface area contributed by atoms with Gasteiger partial charge in [0, 0.05) is 6.20 Å². The van der Waals surface area contributed by atoms with Gasteiger partial charge in [-0.3, -0.25) is 0 Å². The molecule has 70 valence electrons. The highest BCUT2D eigenvalue weighted by molar-refractivity contribution is 7.99. The Bertz CT molecular complexity index is 302. The molecule has 0 saturated carbocycles. The molecule has 0 aliphatic heterocycles. The minimum Gasteiger partial charge on any atom is -0.478 e. The number of nitrogens with zero attached hydrogens (tertiary/aromatic N) is 1. The number of thioether (sulfide) groups is 1. The van der Waals surface area contributed by atoms with Gasteiger partial charge < -0.3 is 5.11 Å².